The molecule has 1 heterocycles. The summed E-state index contributed by atoms with van der Waals surface area (Å²) in [6.07, 6.45) is 0. The van der Waals surface area contributed by atoms with Gasteiger partial charge in [0, 0.05) is 12.2 Å². The van der Waals surface area contributed by atoms with Crippen LogP contribution in [-0.4, -0.2) is 20.7 Å². The van der Waals surface area contributed by atoms with Crippen LogP contribution in [0.2, 0.25) is 0 Å². The van der Waals surface area contributed by atoms with Crippen LogP contribution in [0.1, 0.15) is 19.4 Å². The van der Waals surface area contributed by atoms with Crippen molar-refractivity contribution in [2.24, 2.45) is 0 Å². The van der Waals surface area contributed by atoms with Crippen molar-refractivity contribution in [3.8, 4) is 6.07 Å². The Morgan fingerprint density at radius 2 is 2.12 bits per heavy atom. The van der Waals surface area contributed by atoms with E-state index in [1.54, 1.807) is 24.3 Å². The minimum atomic E-state index is -0.312. The maximum Gasteiger partial charge on any atom is 0.237 e. The second-order valence-corrected chi connectivity index (χ2v) is 6.88. The summed E-state index contributed by atoms with van der Waals surface area (Å²) in [6, 6.07) is 16.9. The van der Waals surface area contributed by atoms with Crippen molar-refractivity contribution in [1.29, 1.82) is 5.26 Å². The molecule has 1 amide bonds. The summed E-state index contributed by atoms with van der Waals surface area (Å²) < 4.78 is 2.11. The Hall–Kier alpha value is -2.78. The predicted molar refractivity (Wildman–Crippen MR) is 101 cm³/mol. The Morgan fingerprint density at radius 3 is 2.88 bits per heavy atom. The number of carbonyl (C=O) groups excluding carboxylic acids is 1. The van der Waals surface area contributed by atoms with Crippen LogP contribution in [0.3, 0.4) is 0 Å². The lowest BCUT2D eigenvalue weighted by Gasteiger charge is -2.12. The van der Waals surface area contributed by atoms with E-state index in [2.05, 4.69) is 27.9 Å². The number of aromatic nitrogens is 2. The zero-order valence-electron chi connectivity index (χ0n) is 14.1. The lowest BCUT2D eigenvalue weighted by atomic mass is 10.2. The normalized spacial score (nSPS) is 11.9. The first-order valence-corrected chi connectivity index (χ1v) is 8.93. The van der Waals surface area contributed by atoms with Crippen LogP contribution in [0.25, 0.3) is 11.0 Å². The third-order valence-corrected chi connectivity index (χ3v) is 4.94. The maximum absolute atomic E-state index is 12.5. The van der Waals surface area contributed by atoms with E-state index in [1.807, 2.05) is 31.2 Å². The summed E-state index contributed by atoms with van der Waals surface area (Å²) in [5.74, 6) is -0.116. The van der Waals surface area contributed by atoms with Gasteiger partial charge >= 0.3 is 0 Å². The van der Waals surface area contributed by atoms with E-state index >= 15 is 0 Å². The van der Waals surface area contributed by atoms with Crippen molar-refractivity contribution >= 4 is 34.4 Å². The topological polar surface area (TPSA) is 70.7 Å². The number of hydrogen-bond donors (Lipinski definition) is 1. The number of amides is 1. The molecule has 0 spiro atoms. The van der Waals surface area contributed by atoms with Gasteiger partial charge in [-0.3, -0.25) is 4.79 Å². The Labute approximate surface area is 150 Å². The van der Waals surface area contributed by atoms with Gasteiger partial charge in [0.05, 0.1) is 27.9 Å². The molecule has 0 bridgehead atoms. The monoisotopic (exact) mass is 350 g/mol. The van der Waals surface area contributed by atoms with Crippen molar-refractivity contribution in [2.75, 3.05) is 5.32 Å². The first-order valence-electron chi connectivity index (χ1n) is 8.05. The van der Waals surface area contributed by atoms with Crippen LogP contribution in [0.4, 0.5) is 5.69 Å². The molecule has 1 atom stereocenters. The number of nitrogens with one attached hydrogen (secondary N) is 1. The molecule has 5 nitrogen and oxygen atoms in total. The summed E-state index contributed by atoms with van der Waals surface area (Å²) in [7, 11) is 0. The van der Waals surface area contributed by atoms with Gasteiger partial charge in [0.15, 0.2) is 5.16 Å². The number of hydrogen-bond acceptors (Lipinski definition) is 4. The highest BCUT2D eigenvalue weighted by Gasteiger charge is 2.19. The number of anilines is 1. The molecule has 3 aromatic rings. The fourth-order valence-electron chi connectivity index (χ4n) is 2.57. The molecular weight excluding hydrogens is 332 g/mol. The lowest BCUT2D eigenvalue weighted by molar-refractivity contribution is -0.115. The van der Waals surface area contributed by atoms with Crippen molar-refractivity contribution in [3.05, 3.63) is 54.1 Å². The number of nitrogens with zero attached hydrogens (tertiary/aromatic N) is 3. The number of benzene rings is 2. The molecule has 0 aliphatic rings. The molecule has 1 aromatic heterocycles. The number of para-hydroxylation sites is 2. The van der Waals surface area contributed by atoms with Crippen LogP contribution in [-0.2, 0) is 11.3 Å². The molecule has 0 aliphatic heterocycles. The highest BCUT2D eigenvalue weighted by molar-refractivity contribution is 8.00. The molecule has 3 rings (SSSR count). The van der Waals surface area contributed by atoms with Crippen LogP contribution in [0, 0.1) is 11.3 Å². The zero-order chi connectivity index (χ0) is 17.8. The molecule has 0 aliphatic carbocycles. The first-order chi connectivity index (χ1) is 12.1. The first kappa shape index (κ1) is 17.1. The Balaban J connectivity index is 1.76. The second-order valence-electron chi connectivity index (χ2n) is 5.57. The molecule has 0 saturated carbocycles. The van der Waals surface area contributed by atoms with Gasteiger partial charge in [0.25, 0.3) is 0 Å². The van der Waals surface area contributed by atoms with E-state index in [-0.39, 0.29) is 11.2 Å². The molecule has 25 heavy (non-hydrogen) atoms. The Morgan fingerprint density at radius 1 is 1.32 bits per heavy atom. The molecule has 0 radical (unpaired) electrons. The van der Waals surface area contributed by atoms with Crippen LogP contribution in [0.5, 0.6) is 0 Å². The van der Waals surface area contributed by atoms with E-state index in [4.69, 9.17) is 5.26 Å². The van der Waals surface area contributed by atoms with Crippen LogP contribution < -0.4 is 5.32 Å². The van der Waals surface area contributed by atoms with Gasteiger partial charge in [-0.1, -0.05) is 30.0 Å². The quantitative estimate of drug-likeness (QED) is 0.705. The van der Waals surface area contributed by atoms with Gasteiger partial charge in [0.1, 0.15) is 0 Å². The molecule has 0 unspecified atom stereocenters. The SMILES string of the molecule is CCn1c(S[C@@H](C)C(=O)Nc2cccc(C#N)c2)nc2ccccc21. The van der Waals surface area contributed by atoms with Crippen molar-refractivity contribution in [3.63, 3.8) is 0 Å². The predicted octanol–water partition coefficient (Wildman–Crippen LogP) is 4.05. The van der Waals surface area contributed by atoms with E-state index in [1.165, 1.54) is 11.8 Å². The zero-order valence-corrected chi connectivity index (χ0v) is 14.9. The smallest absolute Gasteiger partial charge is 0.237 e. The highest BCUT2D eigenvalue weighted by atomic mass is 32.2. The largest absolute Gasteiger partial charge is 0.325 e. The average Bonchev–Trinajstić information content (AvgIpc) is 2.98. The van der Waals surface area contributed by atoms with Crippen LogP contribution in [0.15, 0.2) is 53.7 Å². The minimum Gasteiger partial charge on any atom is -0.325 e. The third kappa shape index (κ3) is 3.67. The van der Waals surface area contributed by atoms with E-state index in [9.17, 15) is 4.79 Å². The number of nitriles is 1. The van der Waals surface area contributed by atoms with Gasteiger partial charge in [0.2, 0.25) is 5.91 Å². The number of thioether (sulfide) groups is 1. The summed E-state index contributed by atoms with van der Waals surface area (Å²) in [5, 5.41) is 12.3. The van der Waals surface area contributed by atoms with Gasteiger partial charge in [-0.15, -0.1) is 0 Å². The standard InChI is InChI=1S/C19H18N4OS/c1-3-23-17-10-5-4-9-16(17)22-19(23)25-13(2)18(24)21-15-8-6-7-14(11-15)12-20/h4-11,13H,3H2,1-2H3,(H,21,24)/t13-/m0/s1. The fraction of sp³-hybridized carbons (Fsp3) is 0.211. The van der Waals surface area contributed by atoms with Gasteiger partial charge < -0.3 is 9.88 Å². The fourth-order valence-corrected chi connectivity index (χ4v) is 3.56. The van der Waals surface area contributed by atoms with Crippen molar-refractivity contribution in [2.45, 2.75) is 30.8 Å². The van der Waals surface area contributed by atoms with Crippen molar-refractivity contribution in [1.82, 2.24) is 9.55 Å². The van der Waals surface area contributed by atoms with Gasteiger partial charge in [-0.2, -0.15) is 5.26 Å². The highest BCUT2D eigenvalue weighted by Crippen LogP contribution is 2.27. The molecule has 2 aromatic carbocycles. The molecule has 0 fully saturated rings. The molecule has 126 valence electrons. The minimum absolute atomic E-state index is 0.116. The third-order valence-electron chi connectivity index (χ3n) is 3.85. The van der Waals surface area contributed by atoms with Crippen molar-refractivity contribution < 1.29 is 4.79 Å². The Bertz CT molecular complexity index is 957. The molecule has 0 saturated heterocycles. The maximum atomic E-state index is 12.5. The Kier molecular flexibility index (Phi) is 5.05. The second kappa shape index (κ2) is 7.41. The number of rotatable bonds is 5. The number of imidazole rings is 1. The van der Waals surface area contributed by atoms with Gasteiger partial charge in [-0.05, 0) is 44.2 Å². The summed E-state index contributed by atoms with van der Waals surface area (Å²) >= 11 is 1.43. The molecular formula is C19H18N4OS. The van der Waals surface area contributed by atoms with E-state index < -0.39 is 0 Å². The van der Waals surface area contributed by atoms with E-state index in [0.717, 1.165) is 22.7 Å². The summed E-state index contributed by atoms with van der Waals surface area (Å²) in [5.41, 5.74) is 3.15. The molecule has 1 N–H and O–H groups in total. The number of fused-ring (bicyclic) bond motifs is 1. The number of aryl methyl sites for hydroxylation is 1. The van der Waals surface area contributed by atoms with Crippen LogP contribution >= 0.6 is 11.8 Å². The lowest BCUT2D eigenvalue weighted by Crippen LogP contribution is -2.23. The van der Waals surface area contributed by atoms with E-state index in [0.29, 0.717) is 11.3 Å². The molecule has 6 heteroatoms. The number of carbonyl (C=O) groups is 1. The summed E-state index contributed by atoms with van der Waals surface area (Å²) in [6.45, 7) is 4.71. The summed E-state index contributed by atoms with van der Waals surface area (Å²) in [4.78, 5) is 17.1. The average molecular weight is 350 g/mol. The van der Waals surface area contributed by atoms with Gasteiger partial charge in [-0.25, -0.2) is 4.98 Å².